The van der Waals surface area contributed by atoms with Gasteiger partial charge in [0.25, 0.3) is 5.91 Å². The second-order valence-electron chi connectivity index (χ2n) is 4.86. The maximum absolute atomic E-state index is 12.5. The third-order valence-corrected chi connectivity index (χ3v) is 4.30. The number of carbonyl (C=O) groups excluding carboxylic acids is 1. The second kappa shape index (κ2) is 6.37. The van der Waals surface area contributed by atoms with Crippen molar-refractivity contribution in [3.8, 4) is 0 Å². The average Bonchev–Trinajstić information content (AvgIpc) is 2.50. The highest BCUT2D eigenvalue weighted by Gasteiger charge is 2.20. The summed E-state index contributed by atoms with van der Waals surface area (Å²) in [5.41, 5.74) is 7.54. The minimum atomic E-state index is -0.156. The molecule has 21 heavy (non-hydrogen) atoms. The summed E-state index contributed by atoms with van der Waals surface area (Å²) in [6, 6.07) is 12.8. The van der Waals surface area contributed by atoms with Crippen LogP contribution in [0.5, 0.6) is 0 Å². The van der Waals surface area contributed by atoms with Gasteiger partial charge in [-0.1, -0.05) is 53.5 Å². The first-order valence-corrected chi connectivity index (χ1v) is 7.24. The quantitative estimate of drug-likeness (QED) is 0.851. The van der Waals surface area contributed by atoms with Crippen LogP contribution in [0.2, 0.25) is 10.0 Å². The molecule has 0 saturated carbocycles. The molecule has 1 amide bonds. The van der Waals surface area contributed by atoms with Gasteiger partial charge in [-0.05, 0) is 24.6 Å². The largest absolute Gasteiger partial charge is 0.397 e. The molecule has 110 valence electrons. The summed E-state index contributed by atoms with van der Waals surface area (Å²) in [5.74, 6) is -0.156. The molecule has 0 radical (unpaired) electrons. The molecule has 0 aliphatic heterocycles. The van der Waals surface area contributed by atoms with E-state index < -0.39 is 0 Å². The number of nitrogens with two attached hydrogens (primary N) is 1. The standard InChI is InChI=1S/C16H16Cl2N2O/c1-10(11-6-4-3-5-7-11)20(2)16(21)12-8-13(17)15(18)14(19)9-12/h3-10H,19H2,1-2H3. The zero-order chi connectivity index (χ0) is 15.6. The van der Waals surface area contributed by atoms with Gasteiger partial charge in [-0.25, -0.2) is 0 Å². The minimum absolute atomic E-state index is 0.0608. The molecule has 0 aromatic heterocycles. The first kappa shape index (κ1) is 15.7. The van der Waals surface area contributed by atoms with Gasteiger partial charge in [0.05, 0.1) is 21.8 Å². The number of halogens is 2. The Bertz CT molecular complexity index is 636. The first-order chi connectivity index (χ1) is 9.91. The van der Waals surface area contributed by atoms with Gasteiger partial charge >= 0.3 is 0 Å². The van der Waals surface area contributed by atoms with E-state index in [0.717, 1.165) is 5.56 Å². The van der Waals surface area contributed by atoms with Crippen LogP contribution in [0.3, 0.4) is 0 Å². The minimum Gasteiger partial charge on any atom is -0.397 e. The number of carbonyl (C=O) groups is 1. The maximum Gasteiger partial charge on any atom is 0.254 e. The van der Waals surface area contributed by atoms with Crippen molar-refractivity contribution in [1.82, 2.24) is 4.90 Å². The van der Waals surface area contributed by atoms with Gasteiger partial charge < -0.3 is 10.6 Å². The number of amides is 1. The lowest BCUT2D eigenvalue weighted by molar-refractivity contribution is 0.0742. The smallest absolute Gasteiger partial charge is 0.254 e. The topological polar surface area (TPSA) is 46.3 Å². The van der Waals surface area contributed by atoms with Gasteiger partial charge in [0.2, 0.25) is 0 Å². The third kappa shape index (κ3) is 3.31. The molecule has 0 aliphatic carbocycles. The highest BCUT2D eigenvalue weighted by Crippen LogP contribution is 2.30. The zero-order valence-electron chi connectivity index (χ0n) is 11.8. The van der Waals surface area contributed by atoms with E-state index >= 15 is 0 Å². The monoisotopic (exact) mass is 322 g/mol. The molecule has 0 heterocycles. The summed E-state index contributed by atoms with van der Waals surface area (Å²) >= 11 is 11.9. The van der Waals surface area contributed by atoms with E-state index in [2.05, 4.69) is 0 Å². The van der Waals surface area contributed by atoms with Gasteiger partial charge in [0.1, 0.15) is 0 Å². The number of nitrogen functional groups attached to an aromatic ring is 1. The van der Waals surface area contributed by atoms with Crippen LogP contribution in [-0.4, -0.2) is 17.9 Å². The maximum atomic E-state index is 12.5. The second-order valence-corrected chi connectivity index (χ2v) is 5.65. The van der Waals surface area contributed by atoms with Crippen LogP contribution >= 0.6 is 23.2 Å². The number of nitrogens with zero attached hydrogens (tertiary/aromatic N) is 1. The van der Waals surface area contributed by atoms with Crippen molar-refractivity contribution in [2.45, 2.75) is 13.0 Å². The normalized spacial score (nSPS) is 12.0. The van der Waals surface area contributed by atoms with Crippen LogP contribution in [0.4, 0.5) is 5.69 Å². The zero-order valence-corrected chi connectivity index (χ0v) is 13.3. The van der Waals surface area contributed by atoms with E-state index in [1.807, 2.05) is 37.3 Å². The molecule has 2 rings (SSSR count). The van der Waals surface area contributed by atoms with Crippen molar-refractivity contribution < 1.29 is 4.79 Å². The lowest BCUT2D eigenvalue weighted by Crippen LogP contribution is -2.29. The van der Waals surface area contributed by atoms with Crippen molar-refractivity contribution in [2.24, 2.45) is 0 Å². The Balaban J connectivity index is 2.27. The van der Waals surface area contributed by atoms with E-state index in [-0.39, 0.29) is 22.0 Å². The van der Waals surface area contributed by atoms with Crippen LogP contribution in [0.25, 0.3) is 0 Å². The van der Waals surface area contributed by atoms with Crippen molar-refractivity contribution in [3.63, 3.8) is 0 Å². The molecule has 2 N–H and O–H groups in total. The molecule has 0 spiro atoms. The lowest BCUT2D eigenvalue weighted by Gasteiger charge is -2.25. The van der Waals surface area contributed by atoms with E-state index in [4.69, 9.17) is 28.9 Å². The summed E-state index contributed by atoms with van der Waals surface area (Å²) < 4.78 is 0. The summed E-state index contributed by atoms with van der Waals surface area (Å²) in [7, 11) is 1.75. The average molecular weight is 323 g/mol. The van der Waals surface area contributed by atoms with E-state index in [0.29, 0.717) is 11.3 Å². The summed E-state index contributed by atoms with van der Waals surface area (Å²) in [4.78, 5) is 14.2. The number of hydrogen-bond donors (Lipinski definition) is 1. The van der Waals surface area contributed by atoms with Crippen LogP contribution in [-0.2, 0) is 0 Å². The van der Waals surface area contributed by atoms with Crippen molar-refractivity contribution in [1.29, 1.82) is 0 Å². The Morgan fingerprint density at radius 3 is 2.38 bits per heavy atom. The fourth-order valence-corrected chi connectivity index (χ4v) is 2.40. The molecule has 0 aliphatic rings. The fraction of sp³-hybridized carbons (Fsp3) is 0.188. The van der Waals surface area contributed by atoms with Gasteiger partial charge in [-0.3, -0.25) is 4.79 Å². The number of benzene rings is 2. The fourth-order valence-electron chi connectivity index (χ4n) is 2.07. The highest BCUT2D eigenvalue weighted by molar-refractivity contribution is 6.43. The molecule has 1 atom stereocenters. The Kier molecular flexibility index (Phi) is 4.76. The molecular weight excluding hydrogens is 307 g/mol. The van der Waals surface area contributed by atoms with Gasteiger partial charge in [0.15, 0.2) is 0 Å². The van der Waals surface area contributed by atoms with E-state index in [9.17, 15) is 4.79 Å². The van der Waals surface area contributed by atoms with Crippen LogP contribution < -0.4 is 5.73 Å². The molecule has 0 bridgehead atoms. The predicted molar refractivity (Wildman–Crippen MR) is 87.8 cm³/mol. The molecule has 5 heteroatoms. The van der Waals surface area contributed by atoms with Gasteiger partial charge in [-0.2, -0.15) is 0 Å². The van der Waals surface area contributed by atoms with Crippen molar-refractivity contribution in [2.75, 3.05) is 12.8 Å². The molecule has 2 aromatic rings. The number of rotatable bonds is 3. The number of hydrogen-bond acceptors (Lipinski definition) is 2. The predicted octanol–water partition coefficient (Wildman–Crippen LogP) is 4.41. The molecule has 0 saturated heterocycles. The molecule has 3 nitrogen and oxygen atoms in total. The van der Waals surface area contributed by atoms with Crippen molar-refractivity contribution in [3.05, 3.63) is 63.6 Å². The van der Waals surface area contributed by atoms with Crippen LogP contribution in [0.1, 0.15) is 28.9 Å². The van der Waals surface area contributed by atoms with Crippen molar-refractivity contribution >= 4 is 34.8 Å². The summed E-state index contributed by atoms with van der Waals surface area (Å²) in [5, 5.41) is 0.549. The Morgan fingerprint density at radius 1 is 1.19 bits per heavy atom. The van der Waals surface area contributed by atoms with E-state index in [1.165, 1.54) is 6.07 Å². The van der Waals surface area contributed by atoms with Crippen LogP contribution in [0, 0.1) is 0 Å². The Labute approximate surface area is 134 Å². The molecular formula is C16H16Cl2N2O. The molecule has 2 aromatic carbocycles. The summed E-state index contributed by atoms with van der Waals surface area (Å²) in [6.45, 7) is 1.97. The van der Waals surface area contributed by atoms with Gasteiger partial charge in [0, 0.05) is 12.6 Å². The first-order valence-electron chi connectivity index (χ1n) is 6.48. The lowest BCUT2D eigenvalue weighted by atomic mass is 10.1. The Morgan fingerprint density at radius 2 is 1.81 bits per heavy atom. The van der Waals surface area contributed by atoms with Crippen LogP contribution in [0.15, 0.2) is 42.5 Å². The van der Waals surface area contributed by atoms with E-state index in [1.54, 1.807) is 18.0 Å². The molecule has 0 fully saturated rings. The van der Waals surface area contributed by atoms with Gasteiger partial charge in [-0.15, -0.1) is 0 Å². The number of anilines is 1. The highest BCUT2D eigenvalue weighted by atomic mass is 35.5. The summed E-state index contributed by atoms with van der Waals surface area (Å²) in [6.07, 6.45) is 0. The third-order valence-electron chi connectivity index (χ3n) is 3.49. The molecule has 1 unspecified atom stereocenters. The SMILES string of the molecule is CC(c1ccccc1)N(C)C(=O)c1cc(N)c(Cl)c(Cl)c1. The Hall–Kier alpha value is -1.71.